The van der Waals surface area contributed by atoms with Crippen LogP contribution in [0.2, 0.25) is 0 Å². The van der Waals surface area contributed by atoms with Crippen molar-refractivity contribution in [1.82, 2.24) is 5.32 Å². The van der Waals surface area contributed by atoms with Gasteiger partial charge in [-0.1, -0.05) is 12.7 Å². The smallest absolute Gasteiger partial charge is 0.407 e. The molecular weight excluding hydrogens is 255 g/mol. The van der Waals surface area contributed by atoms with Gasteiger partial charge in [0.15, 0.2) is 0 Å². The summed E-state index contributed by atoms with van der Waals surface area (Å²) >= 11 is 0. The molecule has 1 unspecified atom stereocenters. The highest BCUT2D eigenvalue weighted by atomic mass is 19.4. The van der Waals surface area contributed by atoms with Crippen molar-refractivity contribution in [3.8, 4) is 0 Å². The van der Waals surface area contributed by atoms with Crippen molar-refractivity contribution >= 4 is 12.1 Å². The van der Waals surface area contributed by atoms with Crippen LogP contribution in [0, 0.1) is 5.92 Å². The fourth-order valence-electron chi connectivity index (χ4n) is 1.13. The lowest BCUT2D eigenvalue weighted by Gasteiger charge is -2.18. The molecule has 5 nitrogen and oxygen atoms in total. The molecule has 0 aliphatic carbocycles. The molecule has 2 N–H and O–H groups in total. The fraction of sp³-hybridized carbons (Fsp3) is 0.600. The van der Waals surface area contributed by atoms with Crippen LogP contribution in [0.1, 0.15) is 12.8 Å². The molecule has 0 saturated heterocycles. The third-order valence-electron chi connectivity index (χ3n) is 1.98. The zero-order valence-electron chi connectivity index (χ0n) is 9.50. The van der Waals surface area contributed by atoms with Crippen LogP contribution in [0.5, 0.6) is 0 Å². The Hall–Kier alpha value is -1.73. The van der Waals surface area contributed by atoms with Crippen LogP contribution >= 0.6 is 0 Å². The second-order valence-electron chi connectivity index (χ2n) is 3.44. The summed E-state index contributed by atoms with van der Waals surface area (Å²) in [5.41, 5.74) is 0. The standard InChI is InChI=1S/C10H14F3NO4/c1-2-5-18-9(17)14-4-3-7(6-8(15)16)10(11,12)13/h2,7H,1,3-6H2,(H,14,17)(H,15,16). The lowest BCUT2D eigenvalue weighted by Crippen LogP contribution is -2.32. The van der Waals surface area contributed by atoms with Crippen molar-refractivity contribution in [2.75, 3.05) is 13.2 Å². The van der Waals surface area contributed by atoms with Crippen LogP contribution in [-0.4, -0.2) is 36.5 Å². The van der Waals surface area contributed by atoms with E-state index in [1.54, 1.807) is 0 Å². The molecule has 0 bridgehead atoms. The van der Waals surface area contributed by atoms with Gasteiger partial charge < -0.3 is 15.2 Å². The Balaban J connectivity index is 4.08. The number of rotatable bonds is 7. The number of carbonyl (C=O) groups is 2. The van der Waals surface area contributed by atoms with Gasteiger partial charge >= 0.3 is 18.2 Å². The van der Waals surface area contributed by atoms with Gasteiger partial charge in [-0.25, -0.2) is 4.79 Å². The normalized spacial score (nSPS) is 12.6. The first kappa shape index (κ1) is 16.3. The van der Waals surface area contributed by atoms with Crippen molar-refractivity contribution in [3.63, 3.8) is 0 Å². The zero-order chi connectivity index (χ0) is 14.2. The quantitative estimate of drug-likeness (QED) is 0.692. The highest BCUT2D eigenvalue weighted by Gasteiger charge is 2.40. The lowest BCUT2D eigenvalue weighted by atomic mass is 10.0. The van der Waals surface area contributed by atoms with Crippen LogP contribution in [0.4, 0.5) is 18.0 Å². The second-order valence-corrected chi connectivity index (χ2v) is 3.44. The van der Waals surface area contributed by atoms with Crippen molar-refractivity contribution in [2.45, 2.75) is 19.0 Å². The molecule has 0 aromatic carbocycles. The summed E-state index contributed by atoms with van der Waals surface area (Å²) in [4.78, 5) is 21.1. The van der Waals surface area contributed by atoms with Gasteiger partial charge in [0.2, 0.25) is 0 Å². The molecule has 0 aromatic heterocycles. The summed E-state index contributed by atoms with van der Waals surface area (Å²) in [5.74, 6) is -3.53. The summed E-state index contributed by atoms with van der Waals surface area (Å²) in [6.45, 7) is 2.92. The molecule has 0 heterocycles. The molecule has 0 saturated carbocycles. The second kappa shape index (κ2) is 7.57. The van der Waals surface area contributed by atoms with Crippen LogP contribution in [-0.2, 0) is 9.53 Å². The average Bonchev–Trinajstić information content (AvgIpc) is 2.23. The average molecular weight is 269 g/mol. The molecular formula is C10H14F3NO4. The van der Waals surface area contributed by atoms with Gasteiger partial charge in [0.1, 0.15) is 6.61 Å². The lowest BCUT2D eigenvalue weighted by molar-refractivity contribution is -0.184. The molecule has 1 amide bonds. The van der Waals surface area contributed by atoms with Crippen LogP contribution in [0.3, 0.4) is 0 Å². The van der Waals surface area contributed by atoms with E-state index in [1.165, 1.54) is 6.08 Å². The number of hydrogen-bond donors (Lipinski definition) is 2. The van der Waals surface area contributed by atoms with E-state index in [2.05, 4.69) is 16.6 Å². The first-order chi connectivity index (χ1) is 8.27. The Morgan fingerprint density at radius 3 is 2.50 bits per heavy atom. The van der Waals surface area contributed by atoms with E-state index < -0.39 is 37.0 Å². The number of hydrogen-bond acceptors (Lipinski definition) is 3. The minimum absolute atomic E-state index is 0.0519. The molecule has 0 fully saturated rings. The molecule has 0 aliphatic heterocycles. The van der Waals surface area contributed by atoms with Crippen LogP contribution in [0.25, 0.3) is 0 Å². The summed E-state index contributed by atoms with van der Waals surface area (Å²) in [6, 6.07) is 0. The molecule has 8 heteroatoms. The van der Waals surface area contributed by atoms with E-state index in [0.717, 1.165) is 0 Å². The fourth-order valence-corrected chi connectivity index (χ4v) is 1.13. The number of alkyl halides is 3. The maximum atomic E-state index is 12.4. The molecule has 104 valence electrons. The van der Waals surface area contributed by atoms with Gasteiger partial charge in [-0.2, -0.15) is 13.2 Å². The monoisotopic (exact) mass is 269 g/mol. The number of carboxylic acid groups (broad SMARTS) is 1. The SMILES string of the molecule is C=CCOC(=O)NCCC(CC(=O)O)C(F)(F)F. The number of ether oxygens (including phenoxy) is 1. The van der Waals surface area contributed by atoms with E-state index in [9.17, 15) is 22.8 Å². The zero-order valence-corrected chi connectivity index (χ0v) is 9.50. The number of aliphatic carboxylic acids is 1. The van der Waals surface area contributed by atoms with Gasteiger partial charge in [-0.3, -0.25) is 4.79 Å². The minimum Gasteiger partial charge on any atom is -0.481 e. The molecule has 0 rings (SSSR count). The van der Waals surface area contributed by atoms with E-state index in [1.807, 2.05) is 0 Å². The molecule has 0 radical (unpaired) electrons. The Morgan fingerprint density at radius 2 is 2.06 bits per heavy atom. The number of halogens is 3. The molecule has 0 aromatic rings. The predicted octanol–water partition coefficient (Wildman–Crippen LogP) is 1.94. The number of amides is 1. The Kier molecular flexibility index (Phi) is 6.84. The topological polar surface area (TPSA) is 75.6 Å². The number of nitrogens with one attached hydrogen (secondary N) is 1. The van der Waals surface area contributed by atoms with Crippen molar-refractivity contribution in [3.05, 3.63) is 12.7 Å². The highest BCUT2D eigenvalue weighted by molar-refractivity contribution is 5.67. The number of alkyl carbamates (subject to hydrolysis) is 1. The van der Waals surface area contributed by atoms with E-state index >= 15 is 0 Å². The van der Waals surface area contributed by atoms with Gasteiger partial charge in [-0.05, 0) is 6.42 Å². The summed E-state index contributed by atoms with van der Waals surface area (Å²) in [6.07, 6.45) is -5.70. The molecule has 0 aliphatic rings. The van der Waals surface area contributed by atoms with Gasteiger partial charge in [0.25, 0.3) is 0 Å². The largest absolute Gasteiger partial charge is 0.481 e. The summed E-state index contributed by atoms with van der Waals surface area (Å²) in [5, 5.41) is 10.4. The maximum absolute atomic E-state index is 12.4. The van der Waals surface area contributed by atoms with E-state index in [4.69, 9.17) is 5.11 Å². The maximum Gasteiger partial charge on any atom is 0.407 e. The van der Waals surface area contributed by atoms with Gasteiger partial charge in [-0.15, -0.1) is 0 Å². The first-order valence-electron chi connectivity index (χ1n) is 5.07. The number of carbonyl (C=O) groups excluding carboxylic acids is 1. The van der Waals surface area contributed by atoms with Crippen LogP contribution in [0.15, 0.2) is 12.7 Å². The van der Waals surface area contributed by atoms with Crippen LogP contribution < -0.4 is 5.32 Å². The number of carboxylic acids is 1. The first-order valence-corrected chi connectivity index (χ1v) is 5.07. The van der Waals surface area contributed by atoms with Crippen molar-refractivity contribution < 1.29 is 32.6 Å². The molecule has 1 atom stereocenters. The van der Waals surface area contributed by atoms with Gasteiger partial charge in [0.05, 0.1) is 12.3 Å². The highest BCUT2D eigenvalue weighted by Crippen LogP contribution is 2.31. The predicted molar refractivity (Wildman–Crippen MR) is 56.0 cm³/mol. The Bertz CT molecular complexity index is 304. The Morgan fingerprint density at radius 1 is 1.44 bits per heavy atom. The molecule has 0 spiro atoms. The van der Waals surface area contributed by atoms with E-state index in [-0.39, 0.29) is 13.2 Å². The Labute approximate surface area is 102 Å². The van der Waals surface area contributed by atoms with Crippen molar-refractivity contribution in [2.24, 2.45) is 5.92 Å². The summed E-state index contributed by atoms with van der Waals surface area (Å²) < 4.78 is 41.6. The summed E-state index contributed by atoms with van der Waals surface area (Å²) in [7, 11) is 0. The third-order valence-corrected chi connectivity index (χ3v) is 1.98. The molecule has 18 heavy (non-hydrogen) atoms. The van der Waals surface area contributed by atoms with Gasteiger partial charge in [0, 0.05) is 6.54 Å². The van der Waals surface area contributed by atoms with Crippen molar-refractivity contribution in [1.29, 1.82) is 0 Å². The third kappa shape index (κ3) is 7.53. The van der Waals surface area contributed by atoms with E-state index in [0.29, 0.717) is 0 Å². The minimum atomic E-state index is -4.61.